The molecule has 3 rings (SSSR count). The lowest BCUT2D eigenvalue weighted by Gasteiger charge is -2.11. The maximum Gasteiger partial charge on any atom is 0.416 e. The van der Waals surface area contributed by atoms with Crippen molar-refractivity contribution in [3.8, 4) is 0 Å². The van der Waals surface area contributed by atoms with E-state index in [9.17, 15) is 32.9 Å². The van der Waals surface area contributed by atoms with E-state index in [-0.39, 0.29) is 28.8 Å². The van der Waals surface area contributed by atoms with Gasteiger partial charge in [0.05, 0.1) is 22.2 Å². The lowest BCUT2D eigenvalue weighted by atomic mass is 10.1. The molecular formula is C19H17F3N6O4. The van der Waals surface area contributed by atoms with Gasteiger partial charge in [-0.15, -0.1) is 0 Å². The fourth-order valence-electron chi connectivity index (χ4n) is 2.92. The number of benzene rings is 2. The van der Waals surface area contributed by atoms with Crippen molar-refractivity contribution >= 4 is 34.0 Å². The minimum Gasteiger partial charge on any atom is -0.384 e. The van der Waals surface area contributed by atoms with Gasteiger partial charge in [0.15, 0.2) is 5.52 Å². The van der Waals surface area contributed by atoms with Crippen LogP contribution in [0.2, 0.25) is 0 Å². The molecule has 168 valence electrons. The Hall–Kier alpha value is -4.16. The fraction of sp³-hybridized carbons (Fsp3) is 0.211. The Morgan fingerprint density at radius 3 is 2.69 bits per heavy atom. The second kappa shape index (κ2) is 9.32. The average Bonchev–Trinajstić information content (AvgIpc) is 2.73. The van der Waals surface area contributed by atoms with E-state index in [1.165, 1.54) is 24.3 Å². The van der Waals surface area contributed by atoms with Crippen LogP contribution in [0.5, 0.6) is 0 Å². The number of nitro benzene ring substituents is 1. The molecule has 2 amide bonds. The standard InChI is InChI=1S/C19H17F3N6O4/c20-19(21,22)11-3-1-4-12(9-11)27-18(30)24-8-2-7-23-13-5-6-14(28(31)32)16-15(13)17(29)26-10-25-16/h1,3-6,9-10,23H,2,7-8H2,(H2,24,27,30)(H,25,26,29). The van der Waals surface area contributed by atoms with Crippen molar-refractivity contribution in [1.29, 1.82) is 0 Å². The first-order valence-corrected chi connectivity index (χ1v) is 9.27. The van der Waals surface area contributed by atoms with E-state index < -0.39 is 28.3 Å². The third kappa shape index (κ3) is 5.30. The number of aromatic nitrogens is 2. The summed E-state index contributed by atoms with van der Waals surface area (Å²) >= 11 is 0. The van der Waals surface area contributed by atoms with E-state index in [0.29, 0.717) is 18.7 Å². The smallest absolute Gasteiger partial charge is 0.384 e. The highest BCUT2D eigenvalue weighted by Gasteiger charge is 2.30. The number of anilines is 2. The predicted molar refractivity (Wildman–Crippen MR) is 111 cm³/mol. The summed E-state index contributed by atoms with van der Waals surface area (Å²) in [6.07, 6.45) is -3.04. The summed E-state index contributed by atoms with van der Waals surface area (Å²) in [5, 5.41) is 19.0. The highest BCUT2D eigenvalue weighted by molar-refractivity contribution is 5.96. The van der Waals surface area contributed by atoms with Gasteiger partial charge in [-0.3, -0.25) is 14.9 Å². The highest BCUT2D eigenvalue weighted by atomic mass is 19.4. The number of amides is 2. The van der Waals surface area contributed by atoms with E-state index in [2.05, 4.69) is 25.9 Å². The van der Waals surface area contributed by atoms with E-state index in [4.69, 9.17) is 0 Å². The van der Waals surface area contributed by atoms with Gasteiger partial charge in [0.2, 0.25) is 0 Å². The van der Waals surface area contributed by atoms with Gasteiger partial charge in [-0.25, -0.2) is 9.78 Å². The molecule has 10 nitrogen and oxygen atoms in total. The van der Waals surface area contributed by atoms with Gasteiger partial charge >= 0.3 is 12.2 Å². The summed E-state index contributed by atoms with van der Waals surface area (Å²) in [6.45, 7) is 0.475. The van der Waals surface area contributed by atoms with Crippen LogP contribution in [0, 0.1) is 10.1 Å². The molecule has 0 aliphatic heterocycles. The minimum atomic E-state index is -4.51. The molecule has 0 aliphatic rings. The number of nitrogens with zero attached hydrogens (tertiary/aromatic N) is 2. The number of nitro groups is 1. The molecule has 0 spiro atoms. The van der Waals surface area contributed by atoms with Crippen LogP contribution in [0.4, 0.5) is 35.0 Å². The van der Waals surface area contributed by atoms with Crippen molar-refractivity contribution in [2.75, 3.05) is 23.7 Å². The van der Waals surface area contributed by atoms with Crippen LogP contribution >= 0.6 is 0 Å². The van der Waals surface area contributed by atoms with Gasteiger partial charge in [0.25, 0.3) is 11.2 Å². The molecule has 0 unspecified atom stereocenters. The molecule has 0 atom stereocenters. The Kier molecular flexibility index (Phi) is 6.56. The molecule has 0 aliphatic carbocycles. The van der Waals surface area contributed by atoms with Gasteiger partial charge in [-0.2, -0.15) is 13.2 Å². The van der Waals surface area contributed by atoms with E-state index in [1.807, 2.05) is 0 Å². The van der Waals surface area contributed by atoms with Gasteiger partial charge < -0.3 is 20.9 Å². The molecule has 0 saturated carbocycles. The molecule has 32 heavy (non-hydrogen) atoms. The van der Waals surface area contributed by atoms with Crippen LogP contribution in [-0.2, 0) is 6.18 Å². The zero-order valence-electron chi connectivity index (χ0n) is 16.3. The maximum absolute atomic E-state index is 12.7. The summed E-state index contributed by atoms with van der Waals surface area (Å²) < 4.78 is 38.2. The number of H-pyrrole nitrogens is 1. The Morgan fingerprint density at radius 1 is 1.19 bits per heavy atom. The number of fused-ring (bicyclic) bond motifs is 1. The molecule has 1 aromatic heterocycles. The first kappa shape index (κ1) is 22.5. The summed E-state index contributed by atoms with van der Waals surface area (Å²) in [5.74, 6) is 0. The number of nitrogens with one attached hydrogen (secondary N) is 4. The third-order valence-electron chi connectivity index (χ3n) is 4.37. The van der Waals surface area contributed by atoms with Gasteiger partial charge in [0, 0.05) is 30.5 Å². The number of carbonyl (C=O) groups excluding carboxylic acids is 1. The normalized spacial score (nSPS) is 11.2. The maximum atomic E-state index is 12.7. The first-order valence-electron chi connectivity index (χ1n) is 9.27. The number of halogens is 3. The number of carbonyl (C=O) groups is 1. The Bertz CT molecular complexity index is 1210. The number of urea groups is 1. The number of non-ortho nitro benzene ring substituents is 1. The van der Waals surface area contributed by atoms with Crippen molar-refractivity contribution in [3.05, 3.63) is 68.8 Å². The quantitative estimate of drug-likeness (QED) is 0.247. The summed E-state index contributed by atoms with van der Waals surface area (Å²) in [6, 6.07) is 6.20. The zero-order valence-corrected chi connectivity index (χ0v) is 16.3. The first-order chi connectivity index (χ1) is 15.2. The lowest BCUT2D eigenvalue weighted by molar-refractivity contribution is -0.383. The van der Waals surface area contributed by atoms with E-state index >= 15 is 0 Å². The molecule has 4 N–H and O–H groups in total. The molecule has 0 fully saturated rings. The van der Waals surface area contributed by atoms with Crippen molar-refractivity contribution in [3.63, 3.8) is 0 Å². The number of hydrogen-bond donors (Lipinski definition) is 4. The van der Waals surface area contributed by atoms with Crippen molar-refractivity contribution in [2.24, 2.45) is 0 Å². The van der Waals surface area contributed by atoms with Crippen molar-refractivity contribution < 1.29 is 22.9 Å². The second-order valence-corrected chi connectivity index (χ2v) is 6.58. The minimum absolute atomic E-state index is 0.000440. The van der Waals surface area contributed by atoms with Gasteiger partial charge in [-0.1, -0.05) is 6.07 Å². The molecule has 0 saturated heterocycles. The van der Waals surface area contributed by atoms with Crippen LogP contribution in [0.1, 0.15) is 12.0 Å². The lowest BCUT2D eigenvalue weighted by Crippen LogP contribution is -2.30. The van der Waals surface area contributed by atoms with Crippen molar-refractivity contribution in [2.45, 2.75) is 12.6 Å². The number of rotatable bonds is 7. The molecule has 2 aromatic carbocycles. The summed E-state index contributed by atoms with van der Waals surface area (Å²) in [5.41, 5.74) is -1.43. The van der Waals surface area contributed by atoms with Crippen LogP contribution in [0.25, 0.3) is 10.9 Å². The predicted octanol–water partition coefficient (Wildman–Crippen LogP) is 3.47. The zero-order chi connectivity index (χ0) is 23.3. The van der Waals surface area contributed by atoms with Crippen LogP contribution < -0.4 is 21.5 Å². The van der Waals surface area contributed by atoms with Crippen molar-refractivity contribution in [1.82, 2.24) is 15.3 Å². The molecule has 13 heteroatoms. The largest absolute Gasteiger partial charge is 0.416 e. The molecule has 1 heterocycles. The third-order valence-corrected chi connectivity index (χ3v) is 4.37. The van der Waals surface area contributed by atoms with Crippen LogP contribution in [0.15, 0.2) is 47.5 Å². The van der Waals surface area contributed by atoms with Crippen LogP contribution in [0.3, 0.4) is 0 Å². The van der Waals surface area contributed by atoms with Crippen LogP contribution in [-0.4, -0.2) is 34.0 Å². The summed E-state index contributed by atoms with van der Waals surface area (Å²) in [4.78, 5) is 40.7. The Morgan fingerprint density at radius 2 is 1.97 bits per heavy atom. The Labute approximate surface area is 178 Å². The Balaban J connectivity index is 1.54. The molecule has 0 bridgehead atoms. The fourth-order valence-corrected chi connectivity index (χ4v) is 2.92. The molecule has 0 radical (unpaired) electrons. The second-order valence-electron chi connectivity index (χ2n) is 6.58. The number of hydrogen-bond acceptors (Lipinski definition) is 6. The highest BCUT2D eigenvalue weighted by Crippen LogP contribution is 2.30. The molecule has 3 aromatic rings. The number of aromatic amines is 1. The monoisotopic (exact) mass is 450 g/mol. The summed E-state index contributed by atoms with van der Waals surface area (Å²) in [7, 11) is 0. The van der Waals surface area contributed by atoms with E-state index in [0.717, 1.165) is 18.5 Å². The topological polar surface area (TPSA) is 142 Å². The molecular weight excluding hydrogens is 433 g/mol. The SMILES string of the molecule is O=C(NCCCNc1ccc([N+](=O)[O-])c2nc[nH]c(=O)c12)Nc1cccc(C(F)(F)F)c1. The number of alkyl halides is 3. The van der Waals surface area contributed by atoms with Gasteiger partial charge in [-0.05, 0) is 30.7 Å². The average molecular weight is 450 g/mol. The van der Waals surface area contributed by atoms with E-state index in [1.54, 1.807) is 0 Å². The van der Waals surface area contributed by atoms with Gasteiger partial charge in [0.1, 0.15) is 0 Å².